The van der Waals surface area contributed by atoms with Gasteiger partial charge >= 0.3 is 0 Å². The maximum absolute atomic E-state index is 6.29. The number of aromatic nitrogens is 2. The number of nitrogens with two attached hydrogens (primary N) is 1. The molecule has 19 heavy (non-hydrogen) atoms. The molecule has 0 amide bonds. The summed E-state index contributed by atoms with van der Waals surface area (Å²) in [6, 6.07) is 8.00. The Morgan fingerprint density at radius 2 is 2.16 bits per heavy atom. The van der Waals surface area contributed by atoms with Gasteiger partial charge in [0, 0.05) is 6.04 Å². The maximum atomic E-state index is 6.29. The van der Waals surface area contributed by atoms with E-state index in [2.05, 4.69) is 12.0 Å². The standard InChI is InChI=1S/C15H19N3O/c1-10-11-6-5-7-12(16)15(11)18(17-10)13-8-3-4-9-14(13)19-2/h3-4,8-9,12H,5-7,16H2,1-2H3. The van der Waals surface area contributed by atoms with Crippen LogP contribution in [-0.4, -0.2) is 16.9 Å². The first-order chi connectivity index (χ1) is 9.22. The third-order valence-corrected chi connectivity index (χ3v) is 3.83. The summed E-state index contributed by atoms with van der Waals surface area (Å²) < 4.78 is 7.40. The molecule has 0 aliphatic heterocycles. The third kappa shape index (κ3) is 1.92. The van der Waals surface area contributed by atoms with E-state index in [4.69, 9.17) is 10.5 Å². The van der Waals surface area contributed by atoms with E-state index in [-0.39, 0.29) is 6.04 Å². The number of methoxy groups -OCH3 is 1. The predicted molar refractivity (Wildman–Crippen MR) is 74.7 cm³/mol. The molecule has 100 valence electrons. The lowest BCUT2D eigenvalue weighted by Crippen LogP contribution is -2.20. The van der Waals surface area contributed by atoms with Crippen LogP contribution in [0.5, 0.6) is 5.75 Å². The molecule has 1 aliphatic carbocycles. The fourth-order valence-electron chi connectivity index (χ4n) is 2.89. The minimum absolute atomic E-state index is 0.0647. The zero-order valence-electron chi connectivity index (χ0n) is 11.4. The van der Waals surface area contributed by atoms with Crippen molar-refractivity contribution in [2.45, 2.75) is 32.2 Å². The first kappa shape index (κ1) is 12.2. The number of benzene rings is 1. The number of ether oxygens (including phenoxy) is 1. The van der Waals surface area contributed by atoms with Crippen LogP contribution in [-0.2, 0) is 6.42 Å². The highest BCUT2D eigenvalue weighted by Crippen LogP contribution is 2.34. The Kier molecular flexibility index (Phi) is 3.03. The number of para-hydroxylation sites is 2. The Morgan fingerprint density at radius 3 is 2.95 bits per heavy atom. The lowest BCUT2D eigenvalue weighted by atomic mass is 9.92. The first-order valence-corrected chi connectivity index (χ1v) is 6.69. The Labute approximate surface area is 113 Å². The molecule has 1 aromatic carbocycles. The molecule has 4 nitrogen and oxygen atoms in total. The second-order valence-electron chi connectivity index (χ2n) is 5.03. The second kappa shape index (κ2) is 4.70. The van der Waals surface area contributed by atoms with Gasteiger partial charge in [0.1, 0.15) is 11.4 Å². The molecular weight excluding hydrogens is 238 g/mol. The minimum atomic E-state index is 0.0647. The molecule has 1 aliphatic rings. The Morgan fingerprint density at radius 1 is 1.37 bits per heavy atom. The molecule has 1 unspecified atom stereocenters. The summed E-state index contributed by atoms with van der Waals surface area (Å²) in [4.78, 5) is 0. The maximum Gasteiger partial charge on any atom is 0.144 e. The molecule has 3 rings (SSSR count). The molecular formula is C15H19N3O. The van der Waals surface area contributed by atoms with Crippen LogP contribution >= 0.6 is 0 Å². The summed E-state index contributed by atoms with van der Waals surface area (Å²) >= 11 is 0. The van der Waals surface area contributed by atoms with E-state index < -0.39 is 0 Å². The van der Waals surface area contributed by atoms with Crippen molar-refractivity contribution >= 4 is 0 Å². The van der Waals surface area contributed by atoms with Gasteiger partial charge in [0.05, 0.1) is 18.5 Å². The van der Waals surface area contributed by atoms with Crippen LogP contribution in [0.2, 0.25) is 0 Å². The highest BCUT2D eigenvalue weighted by atomic mass is 16.5. The normalized spacial score (nSPS) is 18.2. The summed E-state index contributed by atoms with van der Waals surface area (Å²) in [6.07, 6.45) is 3.24. The van der Waals surface area contributed by atoms with Crippen LogP contribution in [0.15, 0.2) is 24.3 Å². The first-order valence-electron chi connectivity index (χ1n) is 6.69. The van der Waals surface area contributed by atoms with Crippen molar-refractivity contribution in [2.75, 3.05) is 7.11 Å². The van der Waals surface area contributed by atoms with Gasteiger partial charge in [-0.2, -0.15) is 5.10 Å². The monoisotopic (exact) mass is 257 g/mol. The van der Waals surface area contributed by atoms with Gasteiger partial charge in [-0.05, 0) is 43.9 Å². The van der Waals surface area contributed by atoms with Gasteiger partial charge in [-0.3, -0.25) is 0 Å². The van der Waals surface area contributed by atoms with E-state index >= 15 is 0 Å². The van der Waals surface area contributed by atoms with E-state index in [0.29, 0.717) is 0 Å². The number of hydrogen-bond acceptors (Lipinski definition) is 3. The van der Waals surface area contributed by atoms with Crippen molar-refractivity contribution in [3.05, 3.63) is 41.2 Å². The van der Waals surface area contributed by atoms with E-state index in [1.807, 2.05) is 28.9 Å². The van der Waals surface area contributed by atoms with Crippen molar-refractivity contribution < 1.29 is 4.74 Å². The van der Waals surface area contributed by atoms with Crippen LogP contribution in [0.3, 0.4) is 0 Å². The average molecular weight is 257 g/mol. The van der Waals surface area contributed by atoms with Crippen LogP contribution in [0.4, 0.5) is 0 Å². The van der Waals surface area contributed by atoms with Crippen molar-refractivity contribution in [2.24, 2.45) is 5.73 Å². The van der Waals surface area contributed by atoms with Gasteiger partial charge in [0.25, 0.3) is 0 Å². The van der Waals surface area contributed by atoms with Crippen LogP contribution in [0, 0.1) is 6.92 Å². The van der Waals surface area contributed by atoms with E-state index in [9.17, 15) is 0 Å². The van der Waals surface area contributed by atoms with Gasteiger partial charge in [0.15, 0.2) is 0 Å². The van der Waals surface area contributed by atoms with Gasteiger partial charge in [0.2, 0.25) is 0 Å². The lowest BCUT2D eigenvalue weighted by molar-refractivity contribution is 0.410. The molecule has 1 aromatic heterocycles. The zero-order valence-corrected chi connectivity index (χ0v) is 11.4. The fraction of sp³-hybridized carbons (Fsp3) is 0.400. The van der Waals surface area contributed by atoms with Gasteiger partial charge in [-0.15, -0.1) is 0 Å². The molecule has 0 spiro atoms. The van der Waals surface area contributed by atoms with Crippen LogP contribution in [0.25, 0.3) is 5.69 Å². The Bertz CT molecular complexity index is 603. The smallest absolute Gasteiger partial charge is 0.144 e. The molecule has 0 bridgehead atoms. The zero-order chi connectivity index (χ0) is 13.4. The molecule has 1 atom stereocenters. The summed E-state index contributed by atoms with van der Waals surface area (Å²) in [6.45, 7) is 2.06. The number of rotatable bonds is 2. The Balaban J connectivity index is 2.21. The largest absolute Gasteiger partial charge is 0.494 e. The van der Waals surface area contributed by atoms with E-state index in [1.165, 1.54) is 5.56 Å². The van der Waals surface area contributed by atoms with Gasteiger partial charge in [-0.1, -0.05) is 12.1 Å². The molecule has 0 fully saturated rings. The fourth-order valence-corrected chi connectivity index (χ4v) is 2.89. The molecule has 2 N–H and O–H groups in total. The molecule has 1 heterocycles. The summed E-state index contributed by atoms with van der Waals surface area (Å²) in [5.41, 5.74) is 10.8. The molecule has 2 aromatic rings. The molecule has 0 saturated heterocycles. The van der Waals surface area contributed by atoms with Crippen LogP contribution in [0.1, 0.15) is 35.8 Å². The summed E-state index contributed by atoms with van der Waals surface area (Å²) in [7, 11) is 1.68. The number of nitrogens with zero attached hydrogens (tertiary/aromatic N) is 2. The number of fused-ring (bicyclic) bond motifs is 1. The average Bonchev–Trinajstić information content (AvgIpc) is 2.78. The molecule has 0 radical (unpaired) electrons. The summed E-state index contributed by atoms with van der Waals surface area (Å²) in [5, 5.41) is 4.68. The predicted octanol–water partition coefficient (Wildman–Crippen LogP) is 2.53. The van der Waals surface area contributed by atoms with E-state index in [0.717, 1.165) is 42.1 Å². The van der Waals surface area contributed by atoms with Crippen LogP contribution < -0.4 is 10.5 Å². The van der Waals surface area contributed by atoms with Crippen molar-refractivity contribution in [3.8, 4) is 11.4 Å². The van der Waals surface area contributed by atoms with Crippen molar-refractivity contribution in [1.82, 2.24) is 9.78 Å². The highest BCUT2D eigenvalue weighted by molar-refractivity contribution is 5.49. The molecule has 4 heteroatoms. The van der Waals surface area contributed by atoms with Gasteiger partial charge < -0.3 is 10.5 Å². The van der Waals surface area contributed by atoms with Crippen molar-refractivity contribution in [3.63, 3.8) is 0 Å². The number of hydrogen-bond donors (Lipinski definition) is 1. The number of aryl methyl sites for hydroxylation is 1. The SMILES string of the molecule is COc1ccccc1-n1nc(C)c2c1C(N)CCC2. The third-order valence-electron chi connectivity index (χ3n) is 3.83. The Hall–Kier alpha value is -1.81. The van der Waals surface area contributed by atoms with Gasteiger partial charge in [-0.25, -0.2) is 4.68 Å². The van der Waals surface area contributed by atoms with Crippen molar-refractivity contribution in [1.29, 1.82) is 0 Å². The second-order valence-corrected chi connectivity index (χ2v) is 5.03. The topological polar surface area (TPSA) is 53.1 Å². The highest BCUT2D eigenvalue weighted by Gasteiger charge is 2.26. The minimum Gasteiger partial charge on any atom is -0.494 e. The van der Waals surface area contributed by atoms with E-state index in [1.54, 1.807) is 7.11 Å². The molecule has 0 saturated carbocycles. The quantitative estimate of drug-likeness (QED) is 0.899. The summed E-state index contributed by atoms with van der Waals surface area (Å²) in [5.74, 6) is 0.825. The lowest BCUT2D eigenvalue weighted by Gasteiger charge is -2.21.